The highest BCUT2D eigenvalue weighted by Crippen LogP contribution is 2.27. The number of nitrogens with one attached hydrogen (secondary N) is 1. The van der Waals surface area contributed by atoms with E-state index in [2.05, 4.69) is 27.3 Å². The predicted octanol–water partition coefficient (Wildman–Crippen LogP) is 2.65. The Kier molecular flexibility index (Phi) is 5.25. The third-order valence-corrected chi connectivity index (χ3v) is 4.62. The van der Waals surface area contributed by atoms with Gasteiger partial charge in [-0.1, -0.05) is 18.2 Å². The molecule has 128 valence electrons. The molecule has 1 aromatic carbocycles. The Morgan fingerprint density at radius 1 is 1.29 bits per heavy atom. The van der Waals surface area contributed by atoms with Gasteiger partial charge < -0.3 is 9.73 Å². The van der Waals surface area contributed by atoms with Crippen molar-refractivity contribution in [1.29, 1.82) is 0 Å². The highest BCUT2D eigenvalue weighted by atomic mass is 16.4. The molecule has 24 heavy (non-hydrogen) atoms. The maximum atomic E-state index is 11.9. The van der Waals surface area contributed by atoms with Gasteiger partial charge in [0.15, 0.2) is 0 Å². The standard InChI is InChI=1S/C18H24N4O2/c1-3-19-16(23)14-9-11-22(12-10-14)13(2)17-20-21-18(24-17)15-7-5-4-6-8-15/h4-8,13-14H,3,9-12H2,1-2H3,(H,19,23). The maximum Gasteiger partial charge on any atom is 0.247 e. The van der Waals surface area contributed by atoms with Crippen molar-refractivity contribution >= 4 is 5.91 Å². The Morgan fingerprint density at radius 2 is 2.00 bits per heavy atom. The molecule has 2 aromatic rings. The average Bonchev–Trinajstić information content (AvgIpc) is 3.12. The predicted molar refractivity (Wildman–Crippen MR) is 91.1 cm³/mol. The molecular formula is C18H24N4O2. The third kappa shape index (κ3) is 3.64. The quantitative estimate of drug-likeness (QED) is 0.913. The second kappa shape index (κ2) is 7.57. The van der Waals surface area contributed by atoms with Crippen LogP contribution in [0.2, 0.25) is 0 Å². The molecule has 1 amide bonds. The molecule has 6 heteroatoms. The number of hydrogen-bond acceptors (Lipinski definition) is 5. The lowest BCUT2D eigenvalue weighted by Gasteiger charge is -2.33. The smallest absolute Gasteiger partial charge is 0.247 e. The number of likely N-dealkylation sites (tertiary alicyclic amines) is 1. The van der Waals surface area contributed by atoms with Crippen LogP contribution in [-0.2, 0) is 4.79 Å². The highest BCUT2D eigenvalue weighted by Gasteiger charge is 2.29. The molecule has 0 saturated carbocycles. The Hall–Kier alpha value is -2.21. The van der Waals surface area contributed by atoms with E-state index in [1.807, 2.05) is 37.3 Å². The largest absolute Gasteiger partial charge is 0.419 e. The van der Waals surface area contributed by atoms with Crippen molar-refractivity contribution in [2.75, 3.05) is 19.6 Å². The Morgan fingerprint density at radius 3 is 2.67 bits per heavy atom. The van der Waals surface area contributed by atoms with Gasteiger partial charge in [0.1, 0.15) is 0 Å². The average molecular weight is 328 g/mol. The van der Waals surface area contributed by atoms with Crippen molar-refractivity contribution < 1.29 is 9.21 Å². The van der Waals surface area contributed by atoms with E-state index >= 15 is 0 Å². The molecule has 0 aliphatic carbocycles. The molecule has 1 N–H and O–H groups in total. The van der Waals surface area contributed by atoms with Crippen molar-refractivity contribution in [2.24, 2.45) is 5.92 Å². The summed E-state index contributed by atoms with van der Waals surface area (Å²) in [5.74, 6) is 1.48. The molecule has 3 rings (SSSR count). The lowest BCUT2D eigenvalue weighted by atomic mass is 9.95. The minimum atomic E-state index is 0.0603. The van der Waals surface area contributed by atoms with Crippen LogP contribution >= 0.6 is 0 Å². The number of benzene rings is 1. The van der Waals surface area contributed by atoms with E-state index in [4.69, 9.17) is 4.42 Å². The van der Waals surface area contributed by atoms with Gasteiger partial charge in [-0.3, -0.25) is 9.69 Å². The first-order valence-corrected chi connectivity index (χ1v) is 8.59. The first-order valence-electron chi connectivity index (χ1n) is 8.59. The van der Waals surface area contributed by atoms with E-state index in [1.165, 1.54) is 0 Å². The van der Waals surface area contributed by atoms with Gasteiger partial charge in [0.25, 0.3) is 0 Å². The molecule has 1 saturated heterocycles. The summed E-state index contributed by atoms with van der Waals surface area (Å²) in [5, 5.41) is 11.3. The van der Waals surface area contributed by atoms with Crippen molar-refractivity contribution in [3.8, 4) is 11.5 Å². The molecule has 1 aliphatic heterocycles. The van der Waals surface area contributed by atoms with Crippen LogP contribution < -0.4 is 5.32 Å². The molecule has 1 fully saturated rings. The zero-order valence-corrected chi connectivity index (χ0v) is 14.2. The molecule has 2 heterocycles. The van der Waals surface area contributed by atoms with Gasteiger partial charge in [0.2, 0.25) is 17.7 Å². The SMILES string of the molecule is CCNC(=O)C1CCN(C(C)c2nnc(-c3ccccc3)o2)CC1. The molecule has 0 radical (unpaired) electrons. The van der Waals surface area contributed by atoms with Crippen LogP contribution in [0.25, 0.3) is 11.5 Å². The Bertz CT molecular complexity index is 663. The Labute approximate surface area is 142 Å². The lowest BCUT2D eigenvalue weighted by Crippen LogP contribution is -2.41. The van der Waals surface area contributed by atoms with Crippen molar-refractivity contribution in [3.63, 3.8) is 0 Å². The number of piperidine rings is 1. The van der Waals surface area contributed by atoms with Crippen LogP contribution in [-0.4, -0.2) is 40.6 Å². The van der Waals surface area contributed by atoms with Gasteiger partial charge in [-0.15, -0.1) is 10.2 Å². The summed E-state index contributed by atoms with van der Waals surface area (Å²) >= 11 is 0. The van der Waals surface area contributed by atoms with Gasteiger partial charge in [0.05, 0.1) is 6.04 Å². The number of carbonyl (C=O) groups is 1. The van der Waals surface area contributed by atoms with E-state index in [0.717, 1.165) is 31.5 Å². The molecule has 1 aromatic heterocycles. The second-order valence-corrected chi connectivity index (χ2v) is 6.19. The fourth-order valence-corrected chi connectivity index (χ4v) is 3.12. The molecule has 0 spiro atoms. The molecule has 1 atom stereocenters. The first kappa shape index (κ1) is 16.6. The number of aromatic nitrogens is 2. The topological polar surface area (TPSA) is 71.3 Å². The van der Waals surface area contributed by atoms with Crippen LogP contribution in [0.4, 0.5) is 0 Å². The summed E-state index contributed by atoms with van der Waals surface area (Å²) in [7, 11) is 0. The fourth-order valence-electron chi connectivity index (χ4n) is 3.12. The number of amides is 1. The number of nitrogens with zero attached hydrogens (tertiary/aromatic N) is 3. The van der Waals surface area contributed by atoms with Crippen LogP contribution in [0.15, 0.2) is 34.7 Å². The van der Waals surface area contributed by atoms with E-state index in [-0.39, 0.29) is 17.9 Å². The van der Waals surface area contributed by atoms with Crippen LogP contribution in [0.3, 0.4) is 0 Å². The number of hydrogen-bond donors (Lipinski definition) is 1. The minimum Gasteiger partial charge on any atom is -0.419 e. The lowest BCUT2D eigenvalue weighted by molar-refractivity contribution is -0.126. The fraction of sp³-hybridized carbons (Fsp3) is 0.500. The number of carbonyl (C=O) groups excluding carboxylic acids is 1. The van der Waals surface area contributed by atoms with Gasteiger partial charge >= 0.3 is 0 Å². The van der Waals surface area contributed by atoms with Crippen molar-refractivity contribution in [3.05, 3.63) is 36.2 Å². The Balaban J connectivity index is 1.61. The third-order valence-electron chi connectivity index (χ3n) is 4.62. The van der Waals surface area contributed by atoms with Gasteiger partial charge in [0, 0.05) is 18.0 Å². The van der Waals surface area contributed by atoms with E-state index in [0.29, 0.717) is 18.3 Å². The van der Waals surface area contributed by atoms with Crippen LogP contribution in [0, 0.1) is 5.92 Å². The van der Waals surface area contributed by atoms with Crippen LogP contribution in [0.5, 0.6) is 0 Å². The van der Waals surface area contributed by atoms with E-state index in [9.17, 15) is 4.79 Å². The van der Waals surface area contributed by atoms with Gasteiger partial charge in [-0.25, -0.2) is 0 Å². The van der Waals surface area contributed by atoms with E-state index < -0.39 is 0 Å². The van der Waals surface area contributed by atoms with E-state index in [1.54, 1.807) is 0 Å². The zero-order chi connectivity index (χ0) is 16.9. The van der Waals surface area contributed by atoms with Crippen molar-refractivity contribution in [1.82, 2.24) is 20.4 Å². The summed E-state index contributed by atoms with van der Waals surface area (Å²) in [4.78, 5) is 14.2. The van der Waals surface area contributed by atoms with Gasteiger partial charge in [-0.2, -0.15) is 0 Å². The zero-order valence-electron chi connectivity index (χ0n) is 14.2. The molecule has 0 bridgehead atoms. The highest BCUT2D eigenvalue weighted by molar-refractivity contribution is 5.78. The second-order valence-electron chi connectivity index (χ2n) is 6.19. The number of rotatable bonds is 5. The maximum absolute atomic E-state index is 11.9. The summed E-state index contributed by atoms with van der Waals surface area (Å²) in [6.07, 6.45) is 1.74. The monoisotopic (exact) mass is 328 g/mol. The molecule has 1 unspecified atom stereocenters. The summed E-state index contributed by atoms with van der Waals surface area (Å²) in [6.45, 7) is 6.46. The summed E-state index contributed by atoms with van der Waals surface area (Å²) in [5.41, 5.74) is 0.929. The summed E-state index contributed by atoms with van der Waals surface area (Å²) in [6, 6.07) is 9.84. The van der Waals surface area contributed by atoms with Crippen LogP contribution in [0.1, 0.15) is 38.6 Å². The molecule has 1 aliphatic rings. The van der Waals surface area contributed by atoms with Gasteiger partial charge in [-0.05, 0) is 51.9 Å². The molecular weight excluding hydrogens is 304 g/mol. The van der Waals surface area contributed by atoms with Crippen molar-refractivity contribution in [2.45, 2.75) is 32.7 Å². The molecule has 6 nitrogen and oxygen atoms in total. The normalized spacial score (nSPS) is 17.6. The minimum absolute atomic E-state index is 0.0603. The first-order chi connectivity index (χ1) is 11.7. The summed E-state index contributed by atoms with van der Waals surface area (Å²) < 4.78 is 5.85.